The lowest BCUT2D eigenvalue weighted by Crippen LogP contribution is -2.63. The molecular formula is C24H25FN2O2. The molecule has 5 heteroatoms. The van der Waals surface area contributed by atoms with Gasteiger partial charge in [0.15, 0.2) is 0 Å². The molecular weight excluding hydrogens is 367 g/mol. The number of carbonyl (C=O) groups is 2. The second-order valence-electron chi connectivity index (χ2n) is 8.56. The number of halogens is 1. The van der Waals surface area contributed by atoms with Gasteiger partial charge in [-0.05, 0) is 49.4 Å². The van der Waals surface area contributed by atoms with Gasteiger partial charge in [-0.25, -0.2) is 4.39 Å². The quantitative estimate of drug-likeness (QED) is 0.833. The molecule has 1 heterocycles. The van der Waals surface area contributed by atoms with Crippen molar-refractivity contribution in [3.8, 4) is 0 Å². The lowest BCUT2D eigenvalue weighted by molar-refractivity contribution is -0.124. The van der Waals surface area contributed by atoms with Crippen molar-refractivity contribution < 1.29 is 14.0 Å². The zero-order valence-electron chi connectivity index (χ0n) is 16.4. The molecule has 2 aromatic carbocycles. The van der Waals surface area contributed by atoms with Crippen LogP contribution < -0.4 is 10.2 Å². The lowest BCUT2D eigenvalue weighted by Gasteiger charge is -2.53. The summed E-state index contributed by atoms with van der Waals surface area (Å²) >= 11 is 0. The zero-order chi connectivity index (χ0) is 20.0. The van der Waals surface area contributed by atoms with E-state index < -0.39 is 17.3 Å². The number of carbonyl (C=O) groups excluding carboxylic acids is 2. The molecule has 0 aromatic heterocycles. The number of nitrogens with one attached hydrogen (secondary N) is 1. The van der Waals surface area contributed by atoms with Crippen LogP contribution in [0.25, 0.3) is 0 Å². The number of hydrogen-bond acceptors (Lipinski definition) is 2. The Kier molecular flexibility index (Phi) is 4.41. The van der Waals surface area contributed by atoms with Gasteiger partial charge in [0.25, 0.3) is 5.91 Å². The molecule has 2 aliphatic carbocycles. The van der Waals surface area contributed by atoms with E-state index in [0.717, 1.165) is 37.7 Å². The molecule has 0 unspecified atom stereocenters. The highest BCUT2D eigenvalue weighted by Gasteiger charge is 2.56. The first-order chi connectivity index (χ1) is 14.1. The first kappa shape index (κ1) is 18.3. The summed E-state index contributed by atoms with van der Waals surface area (Å²) < 4.78 is 14.9. The van der Waals surface area contributed by atoms with E-state index >= 15 is 0 Å². The van der Waals surface area contributed by atoms with Crippen LogP contribution in [-0.4, -0.2) is 23.4 Å². The summed E-state index contributed by atoms with van der Waals surface area (Å²) in [6.45, 7) is 0. The Hall–Kier alpha value is -2.69. The summed E-state index contributed by atoms with van der Waals surface area (Å²) in [5, 5.41) is 3.17. The highest BCUT2D eigenvalue weighted by molar-refractivity contribution is 6.12. The molecule has 4 nitrogen and oxygen atoms in total. The lowest BCUT2D eigenvalue weighted by atomic mass is 9.65. The Balaban J connectivity index is 1.72. The average Bonchev–Trinajstić information content (AvgIpc) is 3.54. The van der Waals surface area contributed by atoms with Crippen molar-refractivity contribution in [3.05, 3.63) is 65.5 Å². The van der Waals surface area contributed by atoms with Gasteiger partial charge in [-0.15, -0.1) is 0 Å². The fourth-order valence-corrected chi connectivity index (χ4v) is 5.24. The molecule has 3 aliphatic rings. The van der Waals surface area contributed by atoms with E-state index in [-0.39, 0.29) is 23.5 Å². The number of nitrogens with zero attached hydrogens (tertiary/aromatic N) is 1. The summed E-state index contributed by atoms with van der Waals surface area (Å²) in [6.07, 6.45) is 6.32. The van der Waals surface area contributed by atoms with Crippen molar-refractivity contribution in [2.75, 3.05) is 4.90 Å². The number of amides is 2. The normalized spacial score (nSPS) is 23.0. The number of fused-ring (bicyclic) bond motifs is 1. The Morgan fingerprint density at radius 2 is 1.69 bits per heavy atom. The maximum Gasteiger partial charge on any atom is 0.259 e. The van der Waals surface area contributed by atoms with Gasteiger partial charge < -0.3 is 5.32 Å². The minimum absolute atomic E-state index is 0.0318. The Bertz CT molecular complexity index is 963. The molecule has 1 atom stereocenters. The van der Waals surface area contributed by atoms with Crippen LogP contribution >= 0.6 is 0 Å². The van der Waals surface area contributed by atoms with E-state index in [9.17, 15) is 14.0 Å². The molecule has 29 heavy (non-hydrogen) atoms. The minimum Gasteiger partial charge on any atom is -0.353 e. The van der Waals surface area contributed by atoms with Crippen LogP contribution in [0.2, 0.25) is 0 Å². The van der Waals surface area contributed by atoms with Crippen LogP contribution in [0.5, 0.6) is 0 Å². The highest BCUT2D eigenvalue weighted by atomic mass is 19.1. The van der Waals surface area contributed by atoms with E-state index in [4.69, 9.17) is 0 Å². The number of anilines is 1. The van der Waals surface area contributed by atoms with E-state index in [1.165, 1.54) is 6.07 Å². The summed E-state index contributed by atoms with van der Waals surface area (Å²) in [6, 6.07) is 14.0. The Morgan fingerprint density at radius 3 is 2.41 bits per heavy atom. The zero-order valence-corrected chi connectivity index (χ0v) is 16.4. The van der Waals surface area contributed by atoms with Crippen LogP contribution in [0, 0.1) is 5.82 Å². The van der Waals surface area contributed by atoms with E-state index in [1.807, 2.05) is 18.2 Å². The predicted octanol–water partition coefficient (Wildman–Crippen LogP) is 4.55. The van der Waals surface area contributed by atoms with Crippen molar-refractivity contribution in [2.24, 2.45) is 0 Å². The maximum atomic E-state index is 14.9. The van der Waals surface area contributed by atoms with Crippen LogP contribution in [0.4, 0.5) is 10.1 Å². The molecule has 2 saturated carbocycles. The van der Waals surface area contributed by atoms with Gasteiger partial charge in [-0.3, -0.25) is 14.5 Å². The standard InChI is InChI=1S/C24H25FN2O2/c25-19-10-4-5-11-20(19)27-23(29)18-9-3-2-8-17(18)21(22(28)26-16-12-13-16)24(27)14-6-1-7-15-24/h2-5,8-11,16,21H,1,6-7,12-15H2,(H,26,28)/t21-/m1/s1. The molecule has 150 valence electrons. The van der Waals surface area contributed by atoms with Gasteiger partial charge in [-0.2, -0.15) is 0 Å². The minimum atomic E-state index is -0.731. The molecule has 2 amide bonds. The second-order valence-corrected chi connectivity index (χ2v) is 8.56. The van der Waals surface area contributed by atoms with Crippen LogP contribution in [0.15, 0.2) is 48.5 Å². The van der Waals surface area contributed by atoms with Gasteiger partial charge in [0, 0.05) is 11.6 Å². The van der Waals surface area contributed by atoms with Crippen LogP contribution in [-0.2, 0) is 4.79 Å². The number of benzene rings is 2. The first-order valence-electron chi connectivity index (χ1n) is 10.6. The van der Waals surface area contributed by atoms with Crippen molar-refractivity contribution in [3.63, 3.8) is 0 Å². The van der Waals surface area contributed by atoms with Crippen LogP contribution in [0.1, 0.15) is 66.8 Å². The molecule has 5 rings (SSSR count). The van der Waals surface area contributed by atoms with Crippen LogP contribution in [0.3, 0.4) is 0 Å². The molecule has 0 radical (unpaired) electrons. The maximum absolute atomic E-state index is 14.9. The van der Waals surface area contributed by atoms with Crippen molar-refractivity contribution in [2.45, 2.75) is 62.4 Å². The average molecular weight is 392 g/mol. The molecule has 0 bridgehead atoms. The Labute approximate surface area is 170 Å². The fourth-order valence-electron chi connectivity index (χ4n) is 5.24. The first-order valence-corrected chi connectivity index (χ1v) is 10.6. The highest BCUT2D eigenvalue weighted by Crippen LogP contribution is 2.51. The SMILES string of the molecule is O=C(NC1CC1)[C@H]1c2ccccc2C(=O)N(c2ccccc2F)C12CCCCC2. The van der Waals surface area contributed by atoms with Gasteiger partial charge >= 0.3 is 0 Å². The summed E-state index contributed by atoms with van der Waals surface area (Å²) in [4.78, 5) is 28.8. The van der Waals surface area contributed by atoms with E-state index in [0.29, 0.717) is 18.4 Å². The topological polar surface area (TPSA) is 49.4 Å². The molecule has 1 spiro atoms. The third-order valence-corrected chi connectivity index (χ3v) is 6.69. The van der Waals surface area contributed by atoms with Crippen molar-refractivity contribution >= 4 is 17.5 Å². The number of para-hydroxylation sites is 1. The fraction of sp³-hybridized carbons (Fsp3) is 0.417. The largest absolute Gasteiger partial charge is 0.353 e. The number of rotatable bonds is 3. The Morgan fingerprint density at radius 1 is 1.00 bits per heavy atom. The summed E-state index contributed by atoms with van der Waals surface area (Å²) in [5.41, 5.74) is 0.830. The van der Waals surface area contributed by atoms with Gasteiger partial charge in [-0.1, -0.05) is 49.6 Å². The summed E-state index contributed by atoms with van der Waals surface area (Å²) in [7, 11) is 0. The predicted molar refractivity (Wildman–Crippen MR) is 109 cm³/mol. The molecule has 2 aromatic rings. The molecule has 1 N–H and O–H groups in total. The van der Waals surface area contributed by atoms with Crippen molar-refractivity contribution in [1.29, 1.82) is 0 Å². The third kappa shape index (κ3) is 2.95. The number of hydrogen-bond donors (Lipinski definition) is 1. The van der Waals surface area contributed by atoms with Gasteiger partial charge in [0.2, 0.25) is 5.91 Å². The smallest absolute Gasteiger partial charge is 0.259 e. The van der Waals surface area contributed by atoms with E-state index in [2.05, 4.69) is 5.32 Å². The second kappa shape index (κ2) is 6.97. The third-order valence-electron chi connectivity index (χ3n) is 6.69. The molecule has 1 aliphatic heterocycles. The van der Waals surface area contributed by atoms with Gasteiger partial charge in [0.05, 0.1) is 17.1 Å². The molecule has 2 fully saturated rings. The van der Waals surface area contributed by atoms with Gasteiger partial charge in [0.1, 0.15) is 5.82 Å². The monoisotopic (exact) mass is 392 g/mol. The van der Waals surface area contributed by atoms with E-state index in [1.54, 1.807) is 29.2 Å². The van der Waals surface area contributed by atoms with Crippen molar-refractivity contribution in [1.82, 2.24) is 5.32 Å². The summed E-state index contributed by atoms with van der Waals surface area (Å²) in [5.74, 6) is -1.15. The molecule has 0 saturated heterocycles.